The van der Waals surface area contributed by atoms with Crippen LogP contribution in [0.15, 0.2) is 0 Å². The van der Waals surface area contributed by atoms with Crippen molar-refractivity contribution >= 4 is 29.3 Å². The van der Waals surface area contributed by atoms with Crippen LogP contribution >= 0.6 is 0 Å². The predicted octanol–water partition coefficient (Wildman–Crippen LogP) is -3.79. The Hall–Kier alpha value is -0.520. The molecule has 0 aliphatic carbocycles. The Morgan fingerprint density at radius 3 is 1.50 bits per heavy atom. The molecule has 0 saturated heterocycles. The summed E-state index contributed by atoms with van der Waals surface area (Å²) in [4.78, 5) is 29.0. The van der Waals surface area contributed by atoms with E-state index in [9.17, 15) is 23.1 Å². The number of rotatable bonds is 7. The normalized spacial score (nSPS) is 10.3. The van der Waals surface area contributed by atoms with Gasteiger partial charge in [-0.1, -0.05) is 0 Å². The molecule has 18 heavy (non-hydrogen) atoms. The fraction of sp³-hybridized carbons (Fsp3) is 0.571. The van der Waals surface area contributed by atoms with Crippen LogP contribution in [0.4, 0.5) is 0 Å². The van der Waals surface area contributed by atoms with E-state index in [1.807, 2.05) is 0 Å². The van der Waals surface area contributed by atoms with Gasteiger partial charge in [-0.15, -0.1) is 0 Å². The van der Waals surface area contributed by atoms with Crippen molar-refractivity contribution in [1.82, 2.24) is 0 Å². The molecule has 0 fully saturated rings. The Balaban J connectivity index is -0.000000238. The first kappa shape index (κ1) is 22.6. The number of carboxylic acids is 3. The molecule has 0 saturated carbocycles. The van der Waals surface area contributed by atoms with E-state index >= 15 is 0 Å². The smallest absolute Gasteiger partial charge is 0.750 e. The van der Waals surface area contributed by atoms with Crippen LogP contribution in [0.25, 0.3) is 0 Å². The molecule has 0 amide bonds. The fourth-order valence-corrected chi connectivity index (χ4v) is 0.630. The van der Waals surface area contributed by atoms with Gasteiger partial charge >= 0.3 is 47.5 Å². The summed E-state index contributed by atoms with van der Waals surface area (Å²) in [5, 5.41) is 23.7. The predicted molar refractivity (Wildman–Crippen MR) is 51.6 cm³/mol. The molecule has 0 rings (SSSR count). The maximum absolute atomic E-state index is 9.70. The molecule has 0 radical (unpaired) electrons. The van der Waals surface area contributed by atoms with E-state index in [-0.39, 0.29) is 55.4 Å². The fourth-order valence-electron chi connectivity index (χ4n) is 0.411. The second-order valence-corrected chi connectivity index (χ2v) is 3.10. The van der Waals surface area contributed by atoms with Crippen LogP contribution in [0.1, 0.15) is 19.3 Å². The van der Waals surface area contributed by atoms with E-state index in [1.54, 1.807) is 0 Å². The molecule has 0 aliphatic rings. The van der Waals surface area contributed by atoms with Gasteiger partial charge in [-0.25, -0.2) is 4.21 Å². The van der Waals surface area contributed by atoms with Gasteiger partial charge in [0.2, 0.25) is 0 Å². The van der Waals surface area contributed by atoms with E-state index in [4.69, 9.17) is 15.3 Å². The minimum Gasteiger partial charge on any atom is -0.750 e. The monoisotopic (exact) mass is 294 g/mol. The van der Waals surface area contributed by atoms with E-state index in [0.29, 0.717) is 0 Å². The zero-order chi connectivity index (χ0) is 13.8. The van der Waals surface area contributed by atoms with Crippen LogP contribution in [0.3, 0.4) is 0 Å². The standard InChI is InChI=1S/C4H6O4.C3H6O5S.Na/c5-3(6)1-2-4(7)8;4-3(5)1-2-8-9(6)7;/h1-2H2,(H,5,6)(H,7,8);1-2H2,(H,4,5)(H,6,7);/q;;+1/p-1. The van der Waals surface area contributed by atoms with Gasteiger partial charge in [0.05, 0.1) is 37.2 Å². The minimum atomic E-state index is -2.60. The molecule has 1 atom stereocenters. The third kappa shape index (κ3) is 29.6. The van der Waals surface area contributed by atoms with Crippen molar-refractivity contribution in [2.75, 3.05) is 6.61 Å². The molecule has 0 heterocycles. The van der Waals surface area contributed by atoms with Crippen LogP contribution in [0, 0.1) is 0 Å². The molecule has 1 unspecified atom stereocenters. The zero-order valence-electron chi connectivity index (χ0n) is 9.53. The quantitative estimate of drug-likeness (QED) is 0.316. The Morgan fingerprint density at radius 2 is 1.28 bits per heavy atom. The van der Waals surface area contributed by atoms with Crippen molar-refractivity contribution in [3.05, 3.63) is 0 Å². The molecule has 3 N–H and O–H groups in total. The van der Waals surface area contributed by atoms with Gasteiger partial charge in [0.1, 0.15) is 0 Å². The van der Waals surface area contributed by atoms with Crippen molar-refractivity contribution < 1.29 is 72.2 Å². The molecular formula is C7H11NaO9S. The SMILES string of the molecule is O=C(O)CCC(=O)O.O=C(O)CCOS(=O)[O-].[Na+]. The minimum absolute atomic E-state index is 0. The van der Waals surface area contributed by atoms with Crippen LogP contribution in [-0.2, 0) is 29.9 Å². The van der Waals surface area contributed by atoms with Gasteiger partial charge in [0, 0.05) is 0 Å². The number of hydrogen-bond acceptors (Lipinski definition) is 6. The first-order chi connectivity index (χ1) is 7.75. The number of hydrogen-bond donors (Lipinski definition) is 3. The molecule has 0 aromatic carbocycles. The molecule has 0 aromatic heterocycles. The molecular weight excluding hydrogens is 283 g/mol. The summed E-state index contributed by atoms with van der Waals surface area (Å²) in [5.74, 6) is -3.24. The number of aliphatic carboxylic acids is 3. The van der Waals surface area contributed by atoms with Crippen LogP contribution in [-0.4, -0.2) is 48.6 Å². The summed E-state index contributed by atoms with van der Waals surface area (Å²) >= 11 is -2.60. The molecule has 11 heteroatoms. The molecule has 0 aromatic rings. The third-order valence-corrected chi connectivity index (χ3v) is 1.41. The molecule has 0 spiro atoms. The van der Waals surface area contributed by atoms with Crippen molar-refractivity contribution in [2.45, 2.75) is 19.3 Å². The Labute approximate surface area is 127 Å². The average Bonchev–Trinajstić information content (AvgIpc) is 2.14. The molecule has 0 bridgehead atoms. The van der Waals surface area contributed by atoms with Gasteiger partial charge in [0.25, 0.3) is 0 Å². The van der Waals surface area contributed by atoms with Gasteiger partial charge < -0.3 is 24.1 Å². The molecule has 9 nitrogen and oxygen atoms in total. The van der Waals surface area contributed by atoms with Gasteiger partial charge in [0.15, 0.2) is 0 Å². The van der Waals surface area contributed by atoms with Crippen LogP contribution in [0.5, 0.6) is 0 Å². The topological polar surface area (TPSA) is 161 Å². The second-order valence-electron chi connectivity index (χ2n) is 2.46. The number of carboxylic acid groups (broad SMARTS) is 3. The average molecular weight is 294 g/mol. The maximum atomic E-state index is 9.70. The summed E-state index contributed by atoms with van der Waals surface area (Å²) < 4.78 is 23.0. The maximum Gasteiger partial charge on any atom is 1.00 e. The van der Waals surface area contributed by atoms with Crippen molar-refractivity contribution in [3.8, 4) is 0 Å². The van der Waals surface area contributed by atoms with Crippen molar-refractivity contribution in [1.29, 1.82) is 0 Å². The van der Waals surface area contributed by atoms with Crippen LogP contribution < -0.4 is 29.6 Å². The van der Waals surface area contributed by atoms with Gasteiger partial charge in [-0.05, 0) is 0 Å². The largest absolute Gasteiger partial charge is 1.00 e. The summed E-state index contributed by atoms with van der Waals surface area (Å²) in [7, 11) is 0. The van der Waals surface area contributed by atoms with E-state index in [1.165, 1.54) is 0 Å². The van der Waals surface area contributed by atoms with E-state index in [2.05, 4.69) is 4.18 Å². The third-order valence-electron chi connectivity index (χ3n) is 1.05. The zero-order valence-corrected chi connectivity index (χ0v) is 12.3. The summed E-state index contributed by atoms with van der Waals surface area (Å²) in [5.41, 5.74) is 0. The molecule has 0 aliphatic heterocycles. The van der Waals surface area contributed by atoms with Gasteiger partial charge in [-0.3, -0.25) is 14.4 Å². The summed E-state index contributed by atoms with van der Waals surface area (Å²) in [6, 6.07) is 0. The van der Waals surface area contributed by atoms with E-state index < -0.39 is 29.3 Å². The van der Waals surface area contributed by atoms with Crippen molar-refractivity contribution in [3.63, 3.8) is 0 Å². The summed E-state index contributed by atoms with van der Waals surface area (Å²) in [6.07, 6.45) is -0.890. The van der Waals surface area contributed by atoms with Gasteiger partial charge in [-0.2, -0.15) is 0 Å². The summed E-state index contributed by atoms with van der Waals surface area (Å²) in [6.45, 7) is -0.300. The number of carbonyl (C=O) groups is 3. The van der Waals surface area contributed by atoms with E-state index in [0.717, 1.165) is 0 Å². The van der Waals surface area contributed by atoms with Crippen molar-refractivity contribution in [2.24, 2.45) is 0 Å². The first-order valence-electron chi connectivity index (χ1n) is 4.13. The second kappa shape index (κ2) is 14.5. The Kier molecular flexibility index (Phi) is 18.3. The van der Waals surface area contributed by atoms with Crippen LogP contribution in [0.2, 0.25) is 0 Å². The Bertz CT molecular complexity index is 265. The molecule has 100 valence electrons. The Morgan fingerprint density at radius 1 is 0.944 bits per heavy atom. The first-order valence-corrected chi connectivity index (χ1v) is 5.13.